The van der Waals surface area contributed by atoms with Gasteiger partial charge in [-0.1, -0.05) is 36.0 Å². The van der Waals surface area contributed by atoms with Crippen molar-refractivity contribution in [1.82, 2.24) is 24.6 Å². The van der Waals surface area contributed by atoms with Gasteiger partial charge < -0.3 is 25.8 Å². The zero-order chi connectivity index (χ0) is 28.3. The van der Waals surface area contributed by atoms with Crippen molar-refractivity contribution in [2.24, 2.45) is 5.73 Å². The van der Waals surface area contributed by atoms with Gasteiger partial charge in [0.2, 0.25) is 5.95 Å². The number of piperidine rings is 1. The number of halogens is 4. The number of anilines is 3. The van der Waals surface area contributed by atoms with E-state index in [1.54, 1.807) is 23.3 Å². The number of hydroxylamine groups is 2. The average Bonchev–Trinajstić information content (AvgIpc) is 3.61. The van der Waals surface area contributed by atoms with Crippen molar-refractivity contribution in [2.45, 2.75) is 88.4 Å². The van der Waals surface area contributed by atoms with Gasteiger partial charge in [0.15, 0.2) is 17.0 Å². The van der Waals surface area contributed by atoms with Crippen LogP contribution in [0, 0.1) is 0 Å². The lowest BCUT2D eigenvalue weighted by Gasteiger charge is -2.31. The maximum Gasteiger partial charge on any atom is 0.430 e. The fraction of sp³-hybridized carbons (Fsp3) is 0.571. The van der Waals surface area contributed by atoms with E-state index in [-0.39, 0.29) is 36.9 Å². The van der Waals surface area contributed by atoms with Crippen LogP contribution in [0.2, 0.25) is 10.0 Å². The first-order valence-corrected chi connectivity index (χ1v) is 15.4. The number of carbonyl (C=O) groups is 1. The molecule has 1 saturated heterocycles. The van der Waals surface area contributed by atoms with Crippen LogP contribution in [0.25, 0.3) is 11.2 Å². The SMILES string of the molecule is Cl.Cl.N[C@H]1CC[C@H](Nc2nc(NC3CCN(OC(=O)Nc4cc(Cl)cc(Cl)c4)CC3)c3ncn(C4CCCC4)c3n2)CC1. The molecule has 3 aliphatic rings. The lowest BCUT2D eigenvalue weighted by atomic mass is 9.92. The second-order valence-corrected chi connectivity index (χ2v) is 12.3. The minimum atomic E-state index is -0.580. The van der Waals surface area contributed by atoms with Crippen LogP contribution in [0.3, 0.4) is 0 Å². The van der Waals surface area contributed by atoms with E-state index < -0.39 is 6.09 Å². The molecule has 236 valence electrons. The highest BCUT2D eigenvalue weighted by molar-refractivity contribution is 6.35. The number of nitrogens with two attached hydrogens (primary N) is 1. The van der Waals surface area contributed by atoms with Crippen LogP contribution < -0.4 is 21.7 Å². The molecule has 1 aromatic carbocycles. The lowest BCUT2D eigenvalue weighted by Crippen LogP contribution is -2.41. The number of aromatic nitrogens is 4. The summed E-state index contributed by atoms with van der Waals surface area (Å²) >= 11 is 12.1. The topological polar surface area (TPSA) is 135 Å². The summed E-state index contributed by atoms with van der Waals surface area (Å²) in [4.78, 5) is 32.6. The quantitative estimate of drug-likeness (QED) is 0.213. The van der Waals surface area contributed by atoms with Crippen molar-refractivity contribution in [3.8, 4) is 0 Å². The molecular weight excluding hydrogens is 636 g/mol. The number of rotatable bonds is 7. The molecular formula is C28H39Cl4N9O2. The molecule has 0 bridgehead atoms. The molecule has 2 aliphatic carbocycles. The summed E-state index contributed by atoms with van der Waals surface area (Å²) in [6, 6.07) is 6.03. The summed E-state index contributed by atoms with van der Waals surface area (Å²) in [5, 5.41) is 12.5. The first kappa shape index (κ1) is 33.6. The molecule has 0 atom stereocenters. The largest absolute Gasteiger partial charge is 0.430 e. The number of nitrogens with one attached hydrogen (secondary N) is 3. The second kappa shape index (κ2) is 15.1. The van der Waals surface area contributed by atoms with E-state index in [0.29, 0.717) is 46.9 Å². The molecule has 5 N–H and O–H groups in total. The number of nitrogens with zero attached hydrogens (tertiary/aromatic N) is 5. The van der Waals surface area contributed by atoms with Crippen molar-refractivity contribution in [1.29, 1.82) is 0 Å². The molecule has 15 heteroatoms. The van der Waals surface area contributed by atoms with Crippen LogP contribution in [0.5, 0.6) is 0 Å². The Kier molecular flexibility index (Phi) is 11.8. The normalized spacial score (nSPS) is 21.6. The Morgan fingerprint density at radius 2 is 1.53 bits per heavy atom. The zero-order valence-electron chi connectivity index (χ0n) is 23.8. The third-order valence-electron chi connectivity index (χ3n) is 8.36. The molecule has 11 nitrogen and oxygen atoms in total. The third kappa shape index (κ3) is 8.46. The Morgan fingerprint density at radius 3 is 2.21 bits per heavy atom. The molecule has 3 aromatic rings. The van der Waals surface area contributed by atoms with E-state index in [2.05, 4.69) is 20.5 Å². The molecule has 1 amide bonds. The Balaban J connectivity index is 0.00000212. The minimum absolute atomic E-state index is 0. The number of hydrogen-bond donors (Lipinski definition) is 4. The van der Waals surface area contributed by atoms with E-state index in [4.69, 9.17) is 48.7 Å². The standard InChI is InChI=1S/C28H37Cl2N9O2.2ClH/c29-17-13-18(30)15-22(14-17)35-28(40)41-38-11-9-21(10-12-38)33-25-24-26(39(16-32-24)23-3-1-2-4-23)37-27(36-25)34-20-7-5-19(31)6-8-20;;/h13-16,19-21,23H,1-12,31H2,(H,35,40)(H2,33,34,36,37);2*1H/t19-,20-;;. The van der Waals surface area contributed by atoms with Crippen LogP contribution in [0.4, 0.5) is 22.2 Å². The second-order valence-electron chi connectivity index (χ2n) is 11.4. The van der Waals surface area contributed by atoms with Gasteiger partial charge >= 0.3 is 6.09 Å². The van der Waals surface area contributed by atoms with Gasteiger partial charge in [-0.2, -0.15) is 9.97 Å². The van der Waals surface area contributed by atoms with Crippen molar-refractivity contribution >= 4 is 82.7 Å². The van der Waals surface area contributed by atoms with Gasteiger partial charge in [-0.25, -0.2) is 9.78 Å². The predicted molar refractivity (Wildman–Crippen MR) is 176 cm³/mol. The maximum absolute atomic E-state index is 12.4. The Morgan fingerprint density at radius 1 is 0.884 bits per heavy atom. The summed E-state index contributed by atoms with van der Waals surface area (Å²) in [5.41, 5.74) is 8.28. The van der Waals surface area contributed by atoms with Crippen LogP contribution in [-0.4, -0.2) is 61.9 Å². The number of benzene rings is 1. The number of hydrogen-bond acceptors (Lipinski definition) is 9. The molecule has 43 heavy (non-hydrogen) atoms. The van der Waals surface area contributed by atoms with E-state index in [0.717, 1.165) is 68.3 Å². The number of carbonyl (C=O) groups excluding carboxylic acids is 1. The summed E-state index contributed by atoms with van der Waals surface area (Å²) in [7, 11) is 0. The van der Waals surface area contributed by atoms with E-state index >= 15 is 0 Å². The Labute approximate surface area is 273 Å². The highest BCUT2D eigenvalue weighted by Gasteiger charge is 2.27. The number of amides is 1. The highest BCUT2D eigenvalue weighted by Crippen LogP contribution is 2.34. The third-order valence-corrected chi connectivity index (χ3v) is 8.80. The van der Waals surface area contributed by atoms with Crippen molar-refractivity contribution in [2.75, 3.05) is 29.0 Å². The fourth-order valence-electron chi connectivity index (χ4n) is 6.15. The molecule has 2 saturated carbocycles. The maximum atomic E-state index is 12.4. The summed E-state index contributed by atoms with van der Waals surface area (Å²) in [5.74, 6) is 1.38. The van der Waals surface area contributed by atoms with Crippen LogP contribution in [-0.2, 0) is 4.84 Å². The predicted octanol–water partition coefficient (Wildman–Crippen LogP) is 6.81. The van der Waals surface area contributed by atoms with E-state index in [1.165, 1.54) is 12.8 Å². The molecule has 2 aromatic heterocycles. The molecule has 6 rings (SSSR count). The van der Waals surface area contributed by atoms with Crippen molar-refractivity contribution < 1.29 is 9.63 Å². The van der Waals surface area contributed by atoms with Gasteiger partial charge in [-0.3, -0.25) is 5.32 Å². The molecule has 3 heterocycles. The average molecular weight is 675 g/mol. The highest BCUT2D eigenvalue weighted by atomic mass is 35.5. The number of imidazole rings is 1. The van der Waals surface area contributed by atoms with Gasteiger partial charge in [-0.05, 0) is 69.6 Å². The van der Waals surface area contributed by atoms with E-state index in [9.17, 15) is 4.79 Å². The first-order valence-electron chi connectivity index (χ1n) is 14.6. The first-order chi connectivity index (χ1) is 19.9. The monoisotopic (exact) mass is 673 g/mol. The van der Waals surface area contributed by atoms with Crippen LogP contribution >= 0.6 is 48.0 Å². The van der Waals surface area contributed by atoms with Crippen molar-refractivity contribution in [3.63, 3.8) is 0 Å². The van der Waals surface area contributed by atoms with Gasteiger partial charge in [-0.15, -0.1) is 29.9 Å². The number of fused-ring (bicyclic) bond motifs is 1. The van der Waals surface area contributed by atoms with Gasteiger partial charge in [0.1, 0.15) is 0 Å². The van der Waals surface area contributed by atoms with Crippen molar-refractivity contribution in [3.05, 3.63) is 34.6 Å². The van der Waals surface area contributed by atoms with Crippen LogP contribution in [0.15, 0.2) is 24.5 Å². The van der Waals surface area contributed by atoms with Gasteiger partial charge in [0.05, 0.1) is 6.33 Å². The molecule has 0 spiro atoms. The zero-order valence-corrected chi connectivity index (χ0v) is 27.0. The Bertz CT molecular complexity index is 1350. The minimum Gasteiger partial charge on any atom is -0.365 e. The summed E-state index contributed by atoms with van der Waals surface area (Å²) < 4.78 is 2.24. The summed E-state index contributed by atoms with van der Waals surface area (Å²) in [6.07, 6.45) is 11.7. The molecule has 0 unspecified atom stereocenters. The molecule has 1 aliphatic heterocycles. The fourth-order valence-corrected chi connectivity index (χ4v) is 6.67. The van der Waals surface area contributed by atoms with E-state index in [1.807, 2.05) is 6.33 Å². The van der Waals surface area contributed by atoms with Gasteiger partial charge in [0.25, 0.3) is 0 Å². The molecule has 0 radical (unpaired) electrons. The lowest BCUT2D eigenvalue weighted by molar-refractivity contribution is -0.106. The smallest absolute Gasteiger partial charge is 0.365 e. The summed E-state index contributed by atoms with van der Waals surface area (Å²) in [6.45, 7) is 1.17. The van der Waals surface area contributed by atoms with Gasteiger partial charge in [0, 0.05) is 53.0 Å². The van der Waals surface area contributed by atoms with Crippen LogP contribution in [0.1, 0.15) is 70.3 Å². The molecule has 3 fully saturated rings. The Hall–Kier alpha value is -2.28.